The molecule has 2 aromatic carbocycles. The molecule has 31 heavy (non-hydrogen) atoms. The van der Waals surface area contributed by atoms with E-state index < -0.39 is 0 Å². The minimum atomic E-state index is -0.379. The minimum Gasteiger partial charge on any atom is -0.335 e. The van der Waals surface area contributed by atoms with Gasteiger partial charge in [-0.15, -0.1) is 10.2 Å². The van der Waals surface area contributed by atoms with E-state index >= 15 is 0 Å². The Bertz CT molecular complexity index is 1020. The average Bonchev–Trinajstić information content (AvgIpc) is 3.26. The van der Waals surface area contributed by atoms with Crippen molar-refractivity contribution in [1.29, 1.82) is 0 Å². The van der Waals surface area contributed by atoms with E-state index in [4.69, 9.17) is 0 Å². The summed E-state index contributed by atoms with van der Waals surface area (Å²) in [6, 6.07) is 12.9. The van der Waals surface area contributed by atoms with Gasteiger partial charge in [-0.1, -0.05) is 55.3 Å². The number of rotatable bonds is 7. The van der Waals surface area contributed by atoms with Crippen LogP contribution in [0.25, 0.3) is 5.69 Å². The quantitative estimate of drug-likeness (QED) is 0.483. The van der Waals surface area contributed by atoms with E-state index in [1.165, 1.54) is 42.7 Å². The first-order valence-corrected chi connectivity index (χ1v) is 11.4. The molecule has 162 valence electrons. The van der Waals surface area contributed by atoms with E-state index in [-0.39, 0.29) is 29.3 Å². The van der Waals surface area contributed by atoms with Crippen molar-refractivity contribution in [1.82, 2.24) is 19.7 Å². The lowest BCUT2D eigenvalue weighted by molar-refractivity contribution is -0.132. The molecule has 0 bridgehead atoms. The van der Waals surface area contributed by atoms with Crippen molar-refractivity contribution in [3.63, 3.8) is 0 Å². The summed E-state index contributed by atoms with van der Waals surface area (Å²) in [5.41, 5.74) is 1.25. The van der Waals surface area contributed by atoms with Gasteiger partial charge in [-0.25, -0.2) is 8.78 Å². The van der Waals surface area contributed by atoms with E-state index in [0.717, 1.165) is 31.2 Å². The third kappa shape index (κ3) is 5.31. The van der Waals surface area contributed by atoms with Gasteiger partial charge in [0.2, 0.25) is 5.91 Å². The Morgan fingerprint density at radius 3 is 2.55 bits per heavy atom. The van der Waals surface area contributed by atoms with Gasteiger partial charge < -0.3 is 4.90 Å². The number of amides is 1. The number of hydrogen-bond acceptors (Lipinski definition) is 4. The van der Waals surface area contributed by atoms with Crippen molar-refractivity contribution in [3.05, 3.63) is 72.1 Å². The Hall–Kier alpha value is -2.74. The molecule has 4 rings (SSSR count). The van der Waals surface area contributed by atoms with Crippen LogP contribution in [0, 0.1) is 11.6 Å². The van der Waals surface area contributed by atoms with Crippen LogP contribution in [0.1, 0.15) is 37.7 Å². The van der Waals surface area contributed by atoms with Crippen molar-refractivity contribution in [2.75, 3.05) is 5.75 Å². The number of carbonyl (C=O) groups is 1. The number of carbonyl (C=O) groups excluding carboxylic acids is 1. The number of hydrogen-bond donors (Lipinski definition) is 0. The largest absolute Gasteiger partial charge is 0.335 e. The normalized spacial score (nSPS) is 14.5. The molecule has 1 aliphatic carbocycles. The van der Waals surface area contributed by atoms with Crippen molar-refractivity contribution in [2.45, 2.75) is 49.8 Å². The van der Waals surface area contributed by atoms with E-state index in [9.17, 15) is 13.6 Å². The summed E-state index contributed by atoms with van der Waals surface area (Å²) in [6.45, 7) is 0.449. The first-order valence-electron chi connectivity index (χ1n) is 10.4. The molecule has 0 atom stereocenters. The number of halogens is 2. The zero-order chi connectivity index (χ0) is 21.6. The highest BCUT2D eigenvalue weighted by atomic mass is 32.2. The number of aromatic nitrogens is 3. The van der Waals surface area contributed by atoms with Crippen LogP contribution in [-0.4, -0.2) is 37.4 Å². The highest BCUT2D eigenvalue weighted by Gasteiger charge is 2.26. The SMILES string of the molecule is O=C(CSc1nncn1-c1ccccc1F)N(Cc1ccc(F)cc1)C1CCCCC1. The standard InChI is InChI=1S/C23H24F2N4OS/c24-18-12-10-17(11-13-18)14-28(19-6-2-1-3-7-19)22(30)15-31-23-27-26-16-29(23)21-9-5-4-8-20(21)25/h4-5,8-13,16,19H,1-3,6-7,14-15H2. The number of nitrogens with zero attached hydrogens (tertiary/aromatic N) is 4. The van der Waals surface area contributed by atoms with Crippen LogP contribution >= 0.6 is 11.8 Å². The predicted octanol–water partition coefficient (Wildman–Crippen LogP) is 5.00. The van der Waals surface area contributed by atoms with Gasteiger partial charge in [0, 0.05) is 12.6 Å². The Balaban J connectivity index is 1.48. The second-order valence-electron chi connectivity index (χ2n) is 7.66. The lowest BCUT2D eigenvalue weighted by Gasteiger charge is -2.34. The van der Waals surface area contributed by atoms with E-state index in [1.54, 1.807) is 34.9 Å². The van der Waals surface area contributed by atoms with Gasteiger partial charge in [0.15, 0.2) is 5.16 Å². The lowest BCUT2D eigenvalue weighted by atomic mass is 9.94. The van der Waals surface area contributed by atoms with Gasteiger partial charge in [-0.3, -0.25) is 9.36 Å². The molecule has 0 spiro atoms. The van der Waals surface area contributed by atoms with Crippen LogP contribution in [0.5, 0.6) is 0 Å². The summed E-state index contributed by atoms with van der Waals surface area (Å²) < 4.78 is 29.0. The topological polar surface area (TPSA) is 51.0 Å². The molecule has 0 saturated heterocycles. The zero-order valence-corrected chi connectivity index (χ0v) is 17.9. The summed E-state index contributed by atoms with van der Waals surface area (Å²) in [5.74, 6) is -0.507. The van der Waals surface area contributed by atoms with Gasteiger partial charge >= 0.3 is 0 Å². The van der Waals surface area contributed by atoms with Crippen molar-refractivity contribution >= 4 is 17.7 Å². The smallest absolute Gasteiger partial charge is 0.233 e. The zero-order valence-electron chi connectivity index (χ0n) is 17.1. The highest BCUT2D eigenvalue weighted by Crippen LogP contribution is 2.27. The second kappa shape index (κ2) is 10.0. The summed E-state index contributed by atoms with van der Waals surface area (Å²) in [5, 5.41) is 8.42. The third-order valence-corrected chi connectivity index (χ3v) is 6.48. The van der Waals surface area contributed by atoms with E-state index in [2.05, 4.69) is 10.2 Å². The molecule has 1 amide bonds. The maximum absolute atomic E-state index is 14.2. The molecule has 1 aliphatic rings. The number of thioether (sulfide) groups is 1. The van der Waals surface area contributed by atoms with Gasteiger partial charge in [0.1, 0.15) is 18.0 Å². The van der Waals surface area contributed by atoms with E-state index in [0.29, 0.717) is 17.4 Å². The van der Waals surface area contributed by atoms with Gasteiger partial charge in [0.25, 0.3) is 0 Å². The Morgan fingerprint density at radius 1 is 1.06 bits per heavy atom. The van der Waals surface area contributed by atoms with Crippen molar-refractivity contribution < 1.29 is 13.6 Å². The molecule has 1 fully saturated rings. The molecule has 1 heterocycles. The van der Waals surface area contributed by atoms with Crippen LogP contribution in [0.15, 0.2) is 60.0 Å². The molecule has 0 aliphatic heterocycles. The van der Waals surface area contributed by atoms with Crippen LogP contribution in [0.3, 0.4) is 0 Å². The highest BCUT2D eigenvalue weighted by molar-refractivity contribution is 7.99. The number of para-hydroxylation sites is 1. The molecule has 1 aromatic heterocycles. The molecule has 3 aromatic rings. The minimum absolute atomic E-state index is 0.00990. The molecular formula is C23H24F2N4OS. The molecule has 0 unspecified atom stereocenters. The monoisotopic (exact) mass is 442 g/mol. The summed E-state index contributed by atoms with van der Waals surface area (Å²) in [6.07, 6.45) is 6.80. The number of benzene rings is 2. The summed E-state index contributed by atoms with van der Waals surface area (Å²) in [4.78, 5) is 15.1. The average molecular weight is 443 g/mol. The molecule has 5 nitrogen and oxygen atoms in total. The van der Waals surface area contributed by atoms with Gasteiger partial charge in [0.05, 0.1) is 11.4 Å². The molecule has 0 radical (unpaired) electrons. The van der Waals surface area contributed by atoms with E-state index in [1.807, 2.05) is 4.90 Å². The summed E-state index contributed by atoms with van der Waals surface area (Å²) in [7, 11) is 0. The molecule has 1 saturated carbocycles. The van der Waals surface area contributed by atoms with Crippen LogP contribution in [0.2, 0.25) is 0 Å². The third-order valence-electron chi connectivity index (χ3n) is 5.56. The first kappa shape index (κ1) is 21.5. The fraction of sp³-hybridized carbons (Fsp3) is 0.348. The molecule has 0 N–H and O–H groups in total. The fourth-order valence-electron chi connectivity index (χ4n) is 3.94. The molecule has 8 heteroatoms. The fourth-order valence-corrected chi connectivity index (χ4v) is 4.75. The molecular weight excluding hydrogens is 418 g/mol. The van der Waals surface area contributed by atoms with Crippen LogP contribution in [-0.2, 0) is 11.3 Å². The van der Waals surface area contributed by atoms with Crippen molar-refractivity contribution in [2.24, 2.45) is 0 Å². The second-order valence-corrected chi connectivity index (χ2v) is 8.61. The Kier molecular flexibility index (Phi) is 6.96. The maximum atomic E-state index is 14.2. The first-order chi connectivity index (χ1) is 15.1. The Labute approximate surface area is 184 Å². The summed E-state index contributed by atoms with van der Waals surface area (Å²) >= 11 is 1.24. The van der Waals surface area contributed by atoms with Gasteiger partial charge in [-0.2, -0.15) is 0 Å². The van der Waals surface area contributed by atoms with Crippen LogP contribution < -0.4 is 0 Å². The predicted molar refractivity (Wildman–Crippen MR) is 116 cm³/mol. The lowest BCUT2D eigenvalue weighted by Crippen LogP contribution is -2.42. The maximum Gasteiger partial charge on any atom is 0.233 e. The van der Waals surface area contributed by atoms with Crippen molar-refractivity contribution in [3.8, 4) is 5.69 Å². The van der Waals surface area contributed by atoms with Crippen LogP contribution in [0.4, 0.5) is 8.78 Å². The Morgan fingerprint density at radius 2 is 1.81 bits per heavy atom. The van der Waals surface area contributed by atoms with Gasteiger partial charge in [-0.05, 0) is 42.7 Å².